The topological polar surface area (TPSA) is 74.8 Å². The second-order valence-corrected chi connectivity index (χ2v) is 8.37. The van der Waals surface area contributed by atoms with Gasteiger partial charge in [-0.2, -0.15) is 13.2 Å². The molecule has 2 aliphatic rings. The average Bonchev–Trinajstić information content (AvgIpc) is 3.15. The molecule has 1 N–H and O–H groups in total. The van der Waals surface area contributed by atoms with Crippen LogP contribution in [0.15, 0.2) is 42.6 Å². The Morgan fingerprint density at radius 3 is 2.38 bits per heavy atom. The van der Waals surface area contributed by atoms with Crippen molar-refractivity contribution < 1.29 is 31.9 Å². The molecule has 4 rings (SSSR count). The van der Waals surface area contributed by atoms with E-state index in [-0.39, 0.29) is 42.3 Å². The Balaban J connectivity index is 1.20. The number of carbonyl (C=O) groups excluding carboxylic acids is 2. The van der Waals surface area contributed by atoms with Gasteiger partial charge in [-0.05, 0) is 56.0 Å². The van der Waals surface area contributed by atoms with Crippen LogP contribution in [0.2, 0.25) is 0 Å². The molecule has 182 valence electrons. The Morgan fingerprint density at radius 2 is 1.76 bits per heavy atom. The minimum Gasteiger partial charge on any atom is -0.474 e. The predicted molar refractivity (Wildman–Crippen MR) is 115 cm³/mol. The van der Waals surface area contributed by atoms with E-state index in [0.717, 1.165) is 12.3 Å². The Hall–Kier alpha value is -3.37. The van der Waals surface area contributed by atoms with E-state index in [1.165, 1.54) is 40.1 Å². The number of pyridine rings is 1. The molecule has 2 heterocycles. The van der Waals surface area contributed by atoms with Gasteiger partial charge < -0.3 is 15.0 Å². The van der Waals surface area contributed by atoms with E-state index in [1.54, 1.807) is 0 Å². The number of urea groups is 1. The van der Waals surface area contributed by atoms with Crippen molar-refractivity contribution in [3.8, 4) is 5.88 Å². The van der Waals surface area contributed by atoms with Gasteiger partial charge in [-0.3, -0.25) is 9.69 Å². The highest BCUT2D eigenvalue weighted by molar-refractivity contribution is 5.96. The molecule has 0 unspecified atom stereocenters. The fourth-order valence-electron chi connectivity index (χ4n) is 4.15. The molecule has 1 aliphatic heterocycles. The molecule has 11 heteroatoms. The monoisotopic (exact) mass is 480 g/mol. The molecule has 3 amide bonds. The summed E-state index contributed by atoms with van der Waals surface area (Å²) in [6.45, 7) is 0.741. The molecule has 2 aromatic rings. The maximum Gasteiger partial charge on any atom is 0.417 e. The Kier molecular flexibility index (Phi) is 6.90. The molecule has 0 bridgehead atoms. The molecule has 1 aromatic carbocycles. The molecule has 1 aromatic heterocycles. The average molecular weight is 480 g/mol. The van der Waals surface area contributed by atoms with Gasteiger partial charge in [0.1, 0.15) is 18.5 Å². The summed E-state index contributed by atoms with van der Waals surface area (Å²) in [6.07, 6.45) is -1.36. The lowest BCUT2D eigenvalue weighted by molar-refractivity contribution is -0.137. The van der Waals surface area contributed by atoms with E-state index in [0.29, 0.717) is 44.5 Å². The van der Waals surface area contributed by atoms with Crippen molar-refractivity contribution in [2.45, 2.75) is 44.0 Å². The number of anilines is 1. The summed E-state index contributed by atoms with van der Waals surface area (Å²) in [6, 6.07) is 7.39. The zero-order chi connectivity index (χ0) is 24.3. The Morgan fingerprint density at radius 1 is 1.06 bits per heavy atom. The maximum atomic E-state index is 13.1. The van der Waals surface area contributed by atoms with Crippen molar-refractivity contribution in [1.82, 2.24) is 15.2 Å². The van der Waals surface area contributed by atoms with Crippen LogP contribution >= 0.6 is 0 Å². The highest BCUT2D eigenvalue weighted by atomic mass is 19.4. The molecule has 0 spiro atoms. The van der Waals surface area contributed by atoms with Gasteiger partial charge in [0, 0.05) is 37.1 Å². The van der Waals surface area contributed by atoms with Crippen molar-refractivity contribution in [2.75, 3.05) is 24.5 Å². The summed E-state index contributed by atoms with van der Waals surface area (Å²) in [5.41, 5.74) is -0.251. The van der Waals surface area contributed by atoms with Crippen LogP contribution in [-0.4, -0.2) is 53.6 Å². The number of amides is 3. The van der Waals surface area contributed by atoms with E-state index in [4.69, 9.17) is 4.74 Å². The highest BCUT2D eigenvalue weighted by Crippen LogP contribution is 2.30. The van der Waals surface area contributed by atoms with Gasteiger partial charge >= 0.3 is 12.2 Å². The zero-order valence-electron chi connectivity index (χ0n) is 18.2. The van der Waals surface area contributed by atoms with Crippen LogP contribution in [0.25, 0.3) is 0 Å². The molecular formula is C23H24F4N4O3. The largest absolute Gasteiger partial charge is 0.474 e. The number of nitrogens with zero attached hydrogens (tertiary/aromatic N) is 3. The fraction of sp³-hybridized carbons (Fsp3) is 0.435. The standard InChI is InChI=1S/C23H24F4N4O3/c24-16-2-6-18(7-3-16)31-12-11-30(22(31)33)14-20(32)29-17-4-8-19(9-5-17)34-21-10-1-15(13-28-21)23(25,26)27/h1-3,6-7,10,13,17,19H,4-5,8-9,11-12,14H2,(H,29,32). The number of hydrogen-bond acceptors (Lipinski definition) is 4. The van der Waals surface area contributed by atoms with Crippen LogP contribution in [0, 0.1) is 5.82 Å². The Labute approximate surface area is 193 Å². The summed E-state index contributed by atoms with van der Waals surface area (Å²) < 4.78 is 56.7. The van der Waals surface area contributed by atoms with Crippen LogP contribution in [-0.2, 0) is 11.0 Å². The third kappa shape index (κ3) is 5.75. The van der Waals surface area contributed by atoms with Crippen LogP contribution in [0.3, 0.4) is 0 Å². The number of ether oxygens (including phenoxy) is 1. The lowest BCUT2D eigenvalue weighted by Crippen LogP contribution is -2.45. The number of rotatable bonds is 6. The van der Waals surface area contributed by atoms with Gasteiger partial charge in [-0.1, -0.05) is 0 Å². The van der Waals surface area contributed by atoms with Crippen molar-refractivity contribution in [2.24, 2.45) is 0 Å². The molecule has 1 saturated carbocycles. The van der Waals surface area contributed by atoms with E-state index in [1.807, 2.05) is 0 Å². The molecule has 7 nitrogen and oxygen atoms in total. The predicted octanol–water partition coefficient (Wildman–Crippen LogP) is 3.99. The van der Waals surface area contributed by atoms with E-state index in [2.05, 4.69) is 10.3 Å². The number of alkyl halides is 3. The number of hydrogen-bond donors (Lipinski definition) is 1. The van der Waals surface area contributed by atoms with Crippen LogP contribution in [0.5, 0.6) is 5.88 Å². The van der Waals surface area contributed by atoms with Crippen molar-refractivity contribution in [1.29, 1.82) is 0 Å². The fourth-order valence-corrected chi connectivity index (χ4v) is 4.15. The molecule has 34 heavy (non-hydrogen) atoms. The molecule has 1 saturated heterocycles. The third-order valence-corrected chi connectivity index (χ3v) is 5.96. The summed E-state index contributed by atoms with van der Waals surface area (Å²) in [5, 5.41) is 2.94. The number of aromatic nitrogens is 1. The number of carbonyl (C=O) groups is 2. The smallest absolute Gasteiger partial charge is 0.417 e. The first kappa shape index (κ1) is 23.8. The maximum absolute atomic E-state index is 13.1. The zero-order valence-corrected chi connectivity index (χ0v) is 18.2. The van der Waals surface area contributed by atoms with Crippen molar-refractivity contribution >= 4 is 17.6 Å². The van der Waals surface area contributed by atoms with E-state index < -0.39 is 11.7 Å². The molecule has 0 radical (unpaired) electrons. The lowest BCUT2D eigenvalue weighted by atomic mass is 9.93. The van der Waals surface area contributed by atoms with Gasteiger partial charge in [0.05, 0.1) is 5.56 Å². The second kappa shape index (κ2) is 9.86. The first-order valence-electron chi connectivity index (χ1n) is 11.0. The van der Waals surface area contributed by atoms with Gasteiger partial charge in [0.25, 0.3) is 0 Å². The van der Waals surface area contributed by atoms with Crippen LogP contribution in [0.1, 0.15) is 31.2 Å². The second-order valence-electron chi connectivity index (χ2n) is 8.37. The van der Waals surface area contributed by atoms with Gasteiger partial charge in [-0.25, -0.2) is 14.2 Å². The summed E-state index contributed by atoms with van der Waals surface area (Å²) in [4.78, 5) is 31.8. The normalized spacial score (nSPS) is 21.0. The van der Waals surface area contributed by atoms with Gasteiger partial charge in [0.15, 0.2) is 0 Å². The molecule has 1 aliphatic carbocycles. The van der Waals surface area contributed by atoms with Crippen LogP contribution < -0.4 is 15.0 Å². The summed E-state index contributed by atoms with van der Waals surface area (Å²) in [5.74, 6) is -0.510. The molecule has 0 atom stereocenters. The van der Waals surface area contributed by atoms with Crippen molar-refractivity contribution in [3.63, 3.8) is 0 Å². The number of benzene rings is 1. The van der Waals surface area contributed by atoms with Gasteiger partial charge in [-0.15, -0.1) is 0 Å². The first-order valence-corrected chi connectivity index (χ1v) is 11.0. The van der Waals surface area contributed by atoms with Crippen LogP contribution in [0.4, 0.5) is 28.0 Å². The van der Waals surface area contributed by atoms with Crippen molar-refractivity contribution in [3.05, 3.63) is 54.0 Å². The lowest BCUT2D eigenvalue weighted by Gasteiger charge is -2.29. The minimum absolute atomic E-state index is 0.0670. The SMILES string of the molecule is O=C(CN1CCN(c2ccc(F)cc2)C1=O)NC1CCC(Oc2ccc(C(F)(F)F)cn2)CC1. The van der Waals surface area contributed by atoms with E-state index in [9.17, 15) is 27.2 Å². The number of nitrogens with one attached hydrogen (secondary N) is 1. The number of halogens is 4. The summed E-state index contributed by atoms with van der Waals surface area (Å²) >= 11 is 0. The minimum atomic E-state index is -4.44. The Bertz CT molecular complexity index is 1010. The summed E-state index contributed by atoms with van der Waals surface area (Å²) in [7, 11) is 0. The van der Waals surface area contributed by atoms with Gasteiger partial charge in [0.2, 0.25) is 11.8 Å². The first-order chi connectivity index (χ1) is 16.2. The quantitative estimate of drug-likeness (QED) is 0.635. The highest BCUT2D eigenvalue weighted by Gasteiger charge is 2.33. The molecule has 2 fully saturated rings. The third-order valence-electron chi connectivity index (χ3n) is 5.96. The van der Waals surface area contributed by atoms with E-state index >= 15 is 0 Å². The molecular weight excluding hydrogens is 456 g/mol.